The number of aromatic amines is 1. The number of methoxy groups -OCH3 is 2. The molecule has 1 aliphatic heterocycles. The molecule has 0 aliphatic carbocycles. The van der Waals surface area contributed by atoms with Crippen LogP contribution in [-0.4, -0.2) is 60.8 Å². The van der Waals surface area contributed by atoms with Crippen LogP contribution in [0.5, 0.6) is 11.5 Å². The van der Waals surface area contributed by atoms with Crippen molar-refractivity contribution in [3.05, 3.63) is 63.3 Å². The van der Waals surface area contributed by atoms with Crippen molar-refractivity contribution in [1.82, 2.24) is 14.5 Å². The minimum atomic E-state index is -0.511. The number of carbonyl (C=O) groups is 1. The smallest absolute Gasteiger partial charge is 0.328 e. The number of aromatic nitrogens is 2. The van der Waals surface area contributed by atoms with Crippen molar-refractivity contribution in [2.75, 3.05) is 45.3 Å². The Hall–Kier alpha value is -3.75. The number of hydrogen-bond donors (Lipinski definition) is 1. The predicted octanol–water partition coefficient (Wildman–Crippen LogP) is 1.84. The fraction of sp³-hybridized carbons (Fsp3) is 0.375. The van der Waals surface area contributed by atoms with E-state index < -0.39 is 11.2 Å². The molecule has 1 aliphatic rings. The van der Waals surface area contributed by atoms with Crippen LogP contribution in [0.15, 0.2) is 52.1 Å². The lowest BCUT2D eigenvalue weighted by molar-refractivity contribution is -0.131. The number of nitrogens with one attached hydrogen (secondary N) is 1. The van der Waals surface area contributed by atoms with Crippen molar-refractivity contribution in [2.24, 2.45) is 0 Å². The van der Waals surface area contributed by atoms with Gasteiger partial charge in [-0.25, -0.2) is 4.79 Å². The molecule has 0 bridgehead atoms. The van der Waals surface area contributed by atoms with Gasteiger partial charge < -0.3 is 24.3 Å². The normalized spacial score (nSPS) is 13.9. The molecule has 2 heterocycles. The lowest BCUT2D eigenvalue weighted by Crippen LogP contribution is -2.48. The van der Waals surface area contributed by atoms with E-state index >= 15 is 0 Å². The van der Waals surface area contributed by atoms with Crippen molar-refractivity contribution >= 4 is 22.5 Å². The van der Waals surface area contributed by atoms with Crippen molar-refractivity contribution in [2.45, 2.75) is 19.4 Å². The van der Waals surface area contributed by atoms with Crippen LogP contribution in [0.25, 0.3) is 10.9 Å². The molecule has 1 saturated heterocycles. The summed E-state index contributed by atoms with van der Waals surface area (Å²) < 4.78 is 11.6. The molecule has 4 rings (SSSR count). The average molecular weight is 453 g/mol. The average Bonchev–Trinajstić information content (AvgIpc) is 2.85. The molecule has 2 aromatic carbocycles. The number of para-hydroxylation sites is 1. The first-order valence-electron chi connectivity index (χ1n) is 11.0. The number of benzene rings is 2. The highest BCUT2D eigenvalue weighted by molar-refractivity contribution is 5.81. The number of rotatable bonds is 7. The molecule has 174 valence electrons. The van der Waals surface area contributed by atoms with Gasteiger partial charge in [0.05, 0.1) is 25.1 Å². The lowest BCUT2D eigenvalue weighted by atomic mass is 10.2. The van der Waals surface area contributed by atoms with Crippen LogP contribution in [0, 0.1) is 0 Å². The van der Waals surface area contributed by atoms with Crippen LogP contribution in [0.1, 0.15) is 12.8 Å². The minimum absolute atomic E-state index is 0.0411. The van der Waals surface area contributed by atoms with Crippen LogP contribution in [-0.2, 0) is 11.3 Å². The molecule has 0 spiro atoms. The van der Waals surface area contributed by atoms with E-state index in [1.54, 1.807) is 12.1 Å². The SMILES string of the molecule is COc1cc2[nH]c(=O)n(CCCC(=O)N3CCN(c4ccccc4)CC3)c(=O)c2cc1OC. The molecule has 9 heteroatoms. The van der Waals surface area contributed by atoms with Crippen LogP contribution in [0.2, 0.25) is 0 Å². The zero-order valence-corrected chi connectivity index (χ0v) is 18.9. The lowest BCUT2D eigenvalue weighted by Gasteiger charge is -2.36. The summed E-state index contributed by atoms with van der Waals surface area (Å²) in [6.07, 6.45) is 0.681. The Balaban J connectivity index is 1.38. The summed E-state index contributed by atoms with van der Waals surface area (Å²) in [6.45, 7) is 3.04. The number of H-pyrrole nitrogens is 1. The molecule has 3 aromatic rings. The van der Waals surface area contributed by atoms with Crippen molar-refractivity contribution in [3.63, 3.8) is 0 Å². The Bertz CT molecular complexity index is 1240. The van der Waals surface area contributed by atoms with Gasteiger partial charge >= 0.3 is 5.69 Å². The third-order valence-corrected chi connectivity index (χ3v) is 6.01. The van der Waals surface area contributed by atoms with Crippen LogP contribution in [0.3, 0.4) is 0 Å². The number of amides is 1. The standard InChI is InChI=1S/C24H28N4O5/c1-32-20-15-18-19(16-21(20)33-2)25-24(31)28(23(18)30)10-6-9-22(29)27-13-11-26(12-14-27)17-7-4-3-5-8-17/h3-5,7-8,15-16H,6,9-14H2,1-2H3,(H,25,31). The maximum absolute atomic E-state index is 12.9. The van der Waals surface area contributed by atoms with E-state index in [2.05, 4.69) is 22.0 Å². The Kier molecular flexibility index (Phi) is 6.67. The first-order chi connectivity index (χ1) is 16.0. The summed E-state index contributed by atoms with van der Waals surface area (Å²) in [6, 6.07) is 13.3. The molecular formula is C24H28N4O5. The fourth-order valence-electron chi connectivity index (χ4n) is 4.18. The van der Waals surface area contributed by atoms with Crippen LogP contribution < -0.4 is 25.6 Å². The van der Waals surface area contributed by atoms with Gasteiger partial charge in [0.15, 0.2) is 11.5 Å². The highest BCUT2D eigenvalue weighted by Gasteiger charge is 2.21. The van der Waals surface area contributed by atoms with E-state index in [1.165, 1.54) is 14.2 Å². The van der Waals surface area contributed by atoms with Gasteiger partial charge in [0.2, 0.25) is 5.91 Å². The molecule has 9 nitrogen and oxygen atoms in total. The van der Waals surface area contributed by atoms with Crippen LogP contribution >= 0.6 is 0 Å². The number of fused-ring (bicyclic) bond motifs is 1. The van der Waals surface area contributed by atoms with Crippen molar-refractivity contribution < 1.29 is 14.3 Å². The molecule has 1 amide bonds. The highest BCUT2D eigenvalue weighted by atomic mass is 16.5. The van der Waals surface area contributed by atoms with Gasteiger partial charge in [-0.2, -0.15) is 0 Å². The van der Waals surface area contributed by atoms with Gasteiger partial charge in [-0.1, -0.05) is 18.2 Å². The first-order valence-corrected chi connectivity index (χ1v) is 11.0. The molecule has 0 atom stereocenters. The van der Waals surface area contributed by atoms with Gasteiger partial charge in [0.25, 0.3) is 5.56 Å². The topological polar surface area (TPSA) is 96.9 Å². The molecule has 33 heavy (non-hydrogen) atoms. The van der Waals surface area contributed by atoms with E-state index in [4.69, 9.17) is 9.47 Å². The Morgan fingerprint density at radius 2 is 1.64 bits per heavy atom. The molecular weight excluding hydrogens is 424 g/mol. The maximum Gasteiger partial charge on any atom is 0.328 e. The van der Waals surface area contributed by atoms with Crippen LogP contribution in [0.4, 0.5) is 5.69 Å². The number of nitrogens with zero attached hydrogens (tertiary/aromatic N) is 3. The van der Waals surface area contributed by atoms with Gasteiger partial charge in [0, 0.05) is 50.9 Å². The number of ether oxygens (including phenoxy) is 2. The highest BCUT2D eigenvalue weighted by Crippen LogP contribution is 2.29. The Morgan fingerprint density at radius 1 is 0.970 bits per heavy atom. The van der Waals surface area contributed by atoms with Gasteiger partial charge in [-0.15, -0.1) is 0 Å². The number of carbonyl (C=O) groups excluding carboxylic acids is 1. The summed E-state index contributed by atoms with van der Waals surface area (Å²) >= 11 is 0. The zero-order valence-electron chi connectivity index (χ0n) is 18.9. The van der Waals surface area contributed by atoms with E-state index in [0.717, 1.165) is 23.3 Å². The summed E-state index contributed by atoms with van der Waals surface area (Å²) in [5.74, 6) is 0.876. The second kappa shape index (κ2) is 9.81. The van der Waals surface area contributed by atoms with E-state index in [-0.39, 0.29) is 18.9 Å². The van der Waals surface area contributed by atoms with Crippen molar-refractivity contribution in [1.29, 1.82) is 0 Å². The summed E-state index contributed by atoms with van der Waals surface area (Å²) in [4.78, 5) is 44.9. The summed E-state index contributed by atoms with van der Waals surface area (Å²) in [5.41, 5.74) is 0.613. The molecule has 1 N–H and O–H groups in total. The maximum atomic E-state index is 12.9. The largest absolute Gasteiger partial charge is 0.493 e. The Morgan fingerprint density at radius 3 is 2.30 bits per heavy atom. The quantitative estimate of drug-likeness (QED) is 0.588. The minimum Gasteiger partial charge on any atom is -0.493 e. The Labute approximate surface area is 191 Å². The monoisotopic (exact) mass is 452 g/mol. The van der Waals surface area contributed by atoms with E-state index in [1.807, 2.05) is 23.1 Å². The molecule has 0 unspecified atom stereocenters. The predicted molar refractivity (Wildman–Crippen MR) is 126 cm³/mol. The van der Waals surface area contributed by atoms with E-state index in [0.29, 0.717) is 41.9 Å². The van der Waals surface area contributed by atoms with Gasteiger partial charge in [-0.05, 0) is 24.6 Å². The molecule has 1 fully saturated rings. The number of hydrogen-bond acceptors (Lipinski definition) is 6. The number of anilines is 1. The molecule has 0 saturated carbocycles. The second-order valence-corrected chi connectivity index (χ2v) is 7.95. The fourth-order valence-corrected chi connectivity index (χ4v) is 4.18. The van der Waals surface area contributed by atoms with Gasteiger partial charge in [0.1, 0.15) is 0 Å². The van der Waals surface area contributed by atoms with E-state index in [9.17, 15) is 14.4 Å². The summed E-state index contributed by atoms with van der Waals surface area (Å²) in [7, 11) is 2.97. The number of piperazine rings is 1. The first kappa shape index (κ1) is 22.4. The third kappa shape index (κ3) is 4.72. The zero-order chi connectivity index (χ0) is 23.4. The second-order valence-electron chi connectivity index (χ2n) is 7.95. The van der Waals surface area contributed by atoms with Crippen molar-refractivity contribution in [3.8, 4) is 11.5 Å². The summed E-state index contributed by atoms with van der Waals surface area (Å²) in [5, 5.41) is 0.329. The molecule has 1 aromatic heterocycles. The van der Waals surface area contributed by atoms with Gasteiger partial charge in [-0.3, -0.25) is 14.2 Å². The third-order valence-electron chi connectivity index (χ3n) is 6.01. The molecule has 0 radical (unpaired) electrons.